The maximum atomic E-state index is 11.0. The standard InChI is InChI=1S/C9H18O2.C4H8O.4CH4/c1-5-6-7-8(10)11-9(2,3)4;1-3-4(2)5;;;;/h5-7H2,1-4H3;3H2,1-2H3;4*1H4. The van der Waals surface area contributed by atoms with Crippen molar-refractivity contribution in [2.45, 2.75) is 103 Å². The molecule has 20 heavy (non-hydrogen) atoms. The Balaban J connectivity index is -0.0000000482. The molecule has 0 bridgehead atoms. The van der Waals surface area contributed by atoms with Crippen LogP contribution in [0.2, 0.25) is 0 Å². The van der Waals surface area contributed by atoms with Crippen molar-refractivity contribution in [3.63, 3.8) is 0 Å². The van der Waals surface area contributed by atoms with Crippen molar-refractivity contribution in [2.75, 3.05) is 0 Å². The van der Waals surface area contributed by atoms with Crippen molar-refractivity contribution in [2.24, 2.45) is 0 Å². The van der Waals surface area contributed by atoms with Crippen LogP contribution < -0.4 is 0 Å². The number of Topliss-reactive ketones (excluding diaryl/α,β-unsaturated/α-hetero) is 1. The molecule has 3 nitrogen and oxygen atoms in total. The second kappa shape index (κ2) is 20.5. The molecule has 0 N–H and O–H groups in total. The van der Waals surface area contributed by atoms with Gasteiger partial charge in [-0.2, -0.15) is 0 Å². The number of hydrogen-bond donors (Lipinski definition) is 0. The van der Waals surface area contributed by atoms with Crippen LogP contribution in [0.5, 0.6) is 0 Å². The largest absolute Gasteiger partial charge is 0.460 e. The molecule has 0 spiro atoms. The minimum Gasteiger partial charge on any atom is -0.460 e. The molecule has 0 rings (SSSR count). The highest BCUT2D eigenvalue weighted by Gasteiger charge is 2.14. The number of carbonyl (C=O) groups is 2. The topological polar surface area (TPSA) is 43.4 Å². The Bertz CT molecular complexity index is 203. The average Bonchev–Trinajstić information content (AvgIpc) is 2.13. The monoisotopic (exact) mass is 294 g/mol. The molecule has 0 fully saturated rings. The summed E-state index contributed by atoms with van der Waals surface area (Å²) < 4.78 is 5.10. The third kappa shape index (κ3) is 43.4. The van der Waals surface area contributed by atoms with Gasteiger partial charge in [0.05, 0.1) is 0 Å². The molecule has 0 aromatic rings. The Kier molecular flexibility index (Phi) is 37.3. The minimum atomic E-state index is -0.329. The van der Waals surface area contributed by atoms with Gasteiger partial charge in [0.2, 0.25) is 0 Å². The summed E-state index contributed by atoms with van der Waals surface area (Å²) in [5, 5.41) is 0. The van der Waals surface area contributed by atoms with E-state index in [9.17, 15) is 9.59 Å². The Morgan fingerprint density at radius 1 is 0.950 bits per heavy atom. The fourth-order valence-corrected chi connectivity index (χ4v) is 0.714. The van der Waals surface area contributed by atoms with Gasteiger partial charge < -0.3 is 9.53 Å². The molecular formula is C17H42O3. The summed E-state index contributed by atoms with van der Waals surface area (Å²) in [5.74, 6) is 0.171. The fourth-order valence-electron chi connectivity index (χ4n) is 0.714. The van der Waals surface area contributed by atoms with Gasteiger partial charge in [-0.3, -0.25) is 4.79 Å². The molecular weight excluding hydrogens is 252 g/mol. The summed E-state index contributed by atoms with van der Waals surface area (Å²) in [6, 6.07) is 0. The van der Waals surface area contributed by atoms with Gasteiger partial charge in [0, 0.05) is 12.8 Å². The normalized spacial score (nSPS) is 8.10. The van der Waals surface area contributed by atoms with Crippen LogP contribution >= 0.6 is 0 Å². The van der Waals surface area contributed by atoms with Crippen LogP contribution in [0.1, 0.15) is 96.9 Å². The highest BCUT2D eigenvalue weighted by atomic mass is 16.6. The first-order valence-electron chi connectivity index (χ1n) is 5.94. The van der Waals surface area contributed by atoms with E-state index in [1.54, 1.807) is 6.92 Å². The molecule has 0 aliphatic carbocycles. The number of rotatable bonds is 4. The van der Waals surface area contributed by atoms with E-state index in [-0.39, 0.29) is 47.1 Å². The third-order valence-corrected chi connectivity index (χ3v) is 1.65. The smallest absolute Gasteiger partial charge is 0.306 e. The zero-order chi connectivity index (χ0) is 13.2. The first kappa shape index (κ1) is 36.5. The van der Waals surface area contributed by atoms with Crippen LogP contribution in [0.3, 0.4) is 0 Å². The second-order valence-electron chi connectivity index (χ2n) is 4.75. The molecule has 0 atom stereocenters. The van der Waals surface area contributed by atoms with E-state index < -0.39 is 0 Å². The Morgan fingerprint density at radius 3 is 1.50 bits per heavy atom. The molecule has 3 heteroatoms. The predicted molar refractivity (Wildman–Crippen MR) is 93.3 cm³/mol. The molecule has 0 aliphatic heterocycles. The predicted octanol–water partition coefficient (Wildman–Crippen LogP) is 6.05. The van der Waals surface area contributed by atoms with Gasteiger partial charge in [-0.05, 0) is 34.1 Å². The summed E-state index contributed by atoms with van der Waals surface area (Å²) in [5.41, 5.74) is -0.329. The lowest BCUT2D eigenvalue weighted by molar-refractivity contribution is -0.154. The van der Waals surface area contributed by atoms with Crippen LogP contribution in [0.15, 0.2) is 0 Å². The Morgan fingerprint density at radius 2 is 1.30 bits per heavy atom. The highest BCUT2D eigenvalue weighted by molar-refractivity contribution is 5.74. The van der Waals surface area contributed by atoms with E-state index in [1.165, 1.54) is 0 Å². The molecule has 0 saturated heterocycles. The summed E-state index contributed by atoms with van der Waals surface area (Å²) in [7, 11) is 0. The highest BCUT2D eigenvalue weighted by Crippen LogP contribution is 2.09. The van der Waals surface area contributed by atoms with Gasteiger partial charge in [0.15, 0.2) is 0 Å². The number of ether oxygens (including phenoxy) is 1. The Labute approximate surface area is 129 Å². The zero-order valence-corrected chi connectivity index (χ0v) is 11.6. The SMILES string of the molecule is C.C.C.C.CCC(C)=O.CCCCC(=O)OC(C)(C)C. The van der Waals surface area contributed by atoms with Crippen molar-refractivity contribution in [3.8, 4) is 0 Å². The summed E-state index contributed by atoms with van der Waals surface area (Å²) in [4.78, 5) is 20.8. The van der Waals surface area contributed by atoms with E-state index >= 15 is 0 Å². The van der Waals surface area contributed by atoms with Crippen molar-refractivity contribution < 1.29 is 14.3 Å². The van der Waals surface area contributed by atoms with E-state index in [1.807, 2.05) is 27.7 Å². The maximum Gasteiger partial charge on any atom is 0.306 e. The molecule has 0 aromatic carbocycles. The van der Waals surface area contributed by atoms with Crippen LogP contribution in [0.25, 0.3) is 0 Å². The molecule has 0 unspecified atom stereocenters. The molecule has 0 amide bonds. The van der Waals surface area contributed by atoms with Crippen LogP contribution in [-0.2, 0) is 14.3 Å². The van der Waals surface area contributed by atoms with Gasteiger partial charge in [-0.15, -0.1) is 0 Å². The van der Waals surface area contributed by atoms with Crippen molar-refractivity contribution in [3.05, 3.63) is 0 Å². The van der Waals surface area contributed by atoms with Gasteiger partial charge >= 0.3 is 5.97 Å². The van der Waals surface area contributed by atoms with Crippen molar-refractivity contribution >= 4 is 11.8 Å². The average molecular weight is 295 g/mol. The number of ketones is 1. The number of carbonyl (C=O) groups excluding carboxylic acids is 2. The fraction of sp³-hybridized carbons (Fsp3) is 0.882. The van der Waals surface area contributed by atoms with E-state index in [0.717, 1.165) is 12.8 Å². The number of esters is 1. The van der Waals surface area contributed by atoms with E-state index in [0.29, 0.717) is 12.8 Å². The maximum absolute atomic E-state index is 11.0. The lowest BCUT2D eigenvalue weighted by Crippen LogP contribution is -2.23. The third-order valence-electron chi connectivity index (χ3n) is 1.65. The molecule has 128 valence electrons. The van der Waals surface area contributed by atoms with Gasteiger partial charge in [-0.25, -0.2) is 0 Å². The number of hydrogen-bond acceptors (Lipinski definition) is 3. The molecule has 0 aromatic heterocycles. The first-order valence-corrected chi connectivity index (χ1v) is 5.94. The molecule has 0 radical (unpaired) electrons. The molecule has 0 aliphatic rings. The summed E-state index contributed by atoms with van der Waals surface area (Å²) in [6.07, 6.45) is 3.18. The van der Waals surface area contributed by atoms with Crippen LogP contribution in [0.4, 0.5) is 0 Å². The van der Waals surface area contributed by atoms with Crippen LogP contribution in [-0.4, -0.2) is 17.4 Å². The summed E-state index contributed by atoms with van der Waals surface area (Å²) >= 11 is 0. The lowest BCUT2D eigenvalue weighted by Gasteiger charge is -2.19. The Hall–Kier alpha value is -0.860. The van der Waals surface area contributed by atoms with Gasteiger partial charge in [0.1, 0.15) is 11.4 Å². The molecule has 0 heterocycles. The number of unbranched alkanes of at least 4 members (excludes halogenated alkanes) is 1. The first-order chi connectivity index (χ1) is 7.22. The lowest BCUT2D eigenvalue weighted by atomic mass is 10.2. The zero-order valence-electron chi connectivity index (χ0n) is 11.6. The second-order valence-corrected chi connectivity index (χ2v) is 4.75. The van der Waals surface area contributed by atoms with Crippen LogP contribution in [0, 0.1) is 0 Å². The quantitative estimate of drug-likeness (QED) is 0.593. The van der Waals surface area contributed by atoms with Gasteiger partial charge in [-0.1, -0.05) is 50.0 Å². The van der Waals surface area contributed by atoms with E-state index in [2.05, 4.69) is 6.92 Å². The minimum absolute atomic E-state index is 0. The summed E-state index contributed by atoms with van der Waals surface area (Å²) in [6.45, 7) is 11.2. The van der Waals surface area contributed by atoms with Gasteiger partial charge in [0.25, 0.3) is 0 Å². The van der Waals surface area contributed by atoms with E-state index in [4.69, 9.17) is 4.74 Å². The van der Waals surface area contributed by atoms with Crippen molar-refractivity contribution in [1.29, 1.82) is 0 Å². The van der Waals surface area contributed by atoms with Crippen molar-refractivity contribution in [1.82, 2.24) is 0 Å². The molecule has 0 saturated carbocycles.